The van der Waals surface area contributed by atoms with Gasteiger partial charge in [0.25, 0.3) is 11.6 Å². The summed E-state index contributed by atoms with van der Waals surface area (Å²) in [5.74, 6) is -5.03. The first kappa shape index (κ1) is 23.1. The van der Waals surface area contributed by atoms with Crippen molar-refractivity contribution in [3.63, 3.8) is 0 Å². The highest BCUT2D eigenvalue weighted by molar-refractivity contribution is 6.29. The third kappa shape index (κ3) is 3.60. The molecule has 4 atom stereocenters. The molecule has 186 valence electrons. The monoisotopic (exact) mass is 488 g/mol. The Hall–Kier alpha value is -3.30. The number of carbonyl (C=O) groups is 2. The van der Waals surface area contributed by atoms with Crippen molar-refractivity contribution in [3.8, 4) is 0 Å². The Morgan fingerprint density at radius 1 is 0.806 bits per heavy atom. The second kappa shape index (κ2) is 8.67. The maximum Gasteiger partial charge on any atom is 0.420 e. The van der Waals surface area contributed by atoms with Crippen LogP contribution in [0.5, 0.6) is 0 Å². The average molecular weight is 489 g/mol. The molecule has 0 N–H and O–H groups in total. The van der Waals surface area contributed by atoms with Crippen molar-refractivity contribution in [2.24, 2.45) is 0 Å². The number of hydrogen-bond acceptors (Lipinski definition) is 8. The lowest BCUT2D eigenvalue weighted by atomic mass is 10.0. The van der Waals surface area contributed by atoms with Gasteiger partial charge in [0.05, 0.1) is 13.1 Å². The van der Waals surface area contributed by atoms with E-state index in [2.05, 4.69) is 23.0 Å². The van der Waals surface area contributed by atoms with Crippen molar-refractivity contribution < 1.29 is 28.5 Å². The van der Waals surface area contributed by atoms with Crippen LogP contribution in [0.4, 0.5) is 0 Å². The molecule has 6 rings (SSSR count). The van der Waals surface area contributed by atoms with Crippen molar-refractivity contribution in [1.29, 1.82) is 0 Å². The molecule has 4 unspecified atom stereocenters. The summed E-state index contributed by atoms with van der Waals surface area (Å²) in [4.78, 5) is 30.6. The molecule has 2 aromatic rings. The number of ether oxygens (including phenoxy) is 4. The minimum Gasteiger partial charge on any atom is -0.419 e. The van der Waals surface area contributed by atoms with E-state index in [1.54, 1.807) is 12.2 Å². The lowest BCUT2D eigenvalue weighted by Gasteiger charge is -2.40. The Morgan fingerprint density at radius 2 is 1.22 bits per heavy atom. The van der Waals surface area contributed by atoms with E-state index in [4.69, 9.17) is 18.9 Å². The van der Waals surface area contributed by atoms with E-state index >= 15 is 0 Å². The Bertz CT molecular complexity index is 1150. The fourth-order valence-electron chi connectivity index (χ4n) is 5.91. The summed E-state index contributed by atoms with van der Waals surface area (Å²) < 4.78 is 24.1. The molecule has 2 fully saturated rings. The third-order valence-electron chi connectivity index (χ3n) is 7.27. The number of nitrogens with zero attached hydrogens (tertiary/aromatic N) is 2. The van der Waals surface area contributed by atoms with Crippen LogP contribution in [0.1, 0.15) is 34.5 Å². The van der Waals surface area contributed by atoms with Gasteiger partial charge in [-0.1, -0.05) is 60.7 Å². The molecule has 4 heterocycles. The molecule has 0 amide bonds. The van der Waals surface area contributed by atoms with Crippen molar-refractivity contribution in [2.45, 2.75) is 23.8 Å². The van der Waals surface area contributed by atoms with Crippen LogP contribution in [-0.4, -0.2) is 61.0 Å². The molecule has 4 bridgehead atoms. The van der Waals surface area contributed by atoms with Gasteiger partial charge >= 0.3 is 11.9 Å². The molecule has 0 spiro atoms. The van der Waals surface area contributed by atoms with E-state index in [-0.39, 0.29) is 25.3 Å². The summed E-state index contributed by atoms with van der Waals surface area (Å²) in [6.45, 7) is 10.7. The van der Waals surface area contributed by atoms with Crippen molar-refractivity contribution in [1.82, 2.24) is 9.80 Å². The maximum absolute atomic E-state index is 13.2. The molecule has 4 aliphatic rings. The van der Waals surface area contributed by atoms with E-state index < -0.39 is 23.5 Å². The number of morpholine rings is 2. The van der Waals surface area contributed by atoms with Gasteiger partial charge < -0.3 is 18.9 Å². The van der Waals surface area contributed by atoms with Crippen LogP contribution in [0.25, 0.3) is 0 Å². The van der Waals surface area contributed by atoms with Gasteiger partial charge in [0.15, 0.2) is 0 Å². The van der Waals surface area contributed by atoms with Gasteiger partial charge in [-0.15, -0.1) is 13.2 Å². The molecule has 4 aliphatic heterocycles. The third-order valence-corrected chi connectivity index (χ3v) is 7.27. The Morgan fingerprint density at radius 3 is 1.64 bits per heavy atom. The van der Waals surface area contributed by atoms with Gasteiger partial charge in [-0.25, -0.2) is 9.59 Å². The Kier molecular flexibility index (Phi) is 5.57. The number of esters is 2. The van der Waals surface area contributed by atoms with E-state index in [0.29, 0.717) is 26.2 Å². The number of carbonyl (C=O) groups excluding carboxylic acids is 2. The van der Waals surface area contributed by atoms with Gasteiger partial charge in [0.1, 0.15) is 12.2 Å². The molecule has 0 aliphatic carbocycles. The summed E-state index contributed by atoms with van der Waals surface area (Å²) in [6.07, 6.45) is 3.05. The highest BCUT2D eigenvalue weighted by Gasteiger charge is 2.56. The fraction of sp³-hybridized carbons (Fsp3) is 0.357. The smallest absolute Gasteiger partial charge is 0.419 e. The summed E-state index contributed by atoms with van der Waals surface area (Å²) in [7, 11) is 0. The van der Waals surface area contributed by atoms with E-state index in [9.17, 15) is 9.59 Å². The zero-order chi connectivity index (χ0) is 24.9. The van der Waals surface area contributed by atoms with Gasteiger partial charge in [-0.05, 0) is 11.1 Å². The summed E-state index contributed by atoms with van der Waals surface area (Å²) in [5.41, 5.74) is 3.40. The molecule has 0 saturated carbocycles. The Labute approximate surface area is 209 Å². The van der Waals surface area contributed by atoms with Crippen LogP contribution >= 0.6 is 0 Å². The predicted molar refractivity (Wildman–Crippen MR) is 129 cm³/mol. The predicted octanol–water partition coefficient (Wildman–Crippen LogP) is 2.92. The number of rotatable bonds is 6. The van der Waals surface area contributed by atoms with Gasteiger partial charge in [0.2, 0.25) is 0 Å². The van der Waals surface area contributed by atoms with Crippen LogP contribution in [0.3, 0.4) is 0 Å². The van der Waals surface area contributed by atoms with E-state index in [1.807, 2.05) is 48.5 Å². The van der Waals surface area contributed by atoms with Gasteiger partial charge in [-0.2, -0.15) is 0 Å². The first-order valence-electron chi connectivity index (χ1n) is 12.1. The highest BCUT2D eigenvalue weighted by atomic mass is 16.8. The van der Waals surface area contributed by atoms with Crippen LogP contribution in [0, 0.1) is 0 Å². The van der Waals surface area contributed by atoms with E-state index in [0.717, 1.165) is 22.3 Å². The highest BCUT2D eigenvalue weighted by Crippen LogP contribution is 2.50. The van der Waals surface area contributed by atoms with Crippen LogP contribution < -0.4 is 0 Å². The lowest BCUT2D eigenvalue weighted by molar-refractivity contribution is -0.288. The zero-order valence-corrected chi connectivity index (χ0v) is 19.9. The van der Waals surface area contributed by atoms with Gasteiger partial charge in [0, 0.05) is 37.3 Å². The molecule has 8 nitrogen and oxygen atoms in total. The molecule has 8 heteroatoms. The first-order valence-corrected chi connectivity index (χ1v) is 12.1. The van der Waals surface area contributed by atoms with Gasteiger partial charge in [-0.3, -0.25) is 9.80 Å². The minimum absolute atomic E-state index is 0.270. The summed E-state index contributed by atoms with van der Waals surface area (Å²) in [6, 6.07) is 15.3. The Balaban J connectivity index is 1.27. The summed E-state index contributed by atoms with van der Waals surface area (Å²) in [5, 5.41) is 0. The molecule has 36 heavy (non-hydrogen) atoms. The quantitative estimate of drug-likeness (QED) is 0.349. The standard InChI is InChI=1S/C28H28N2O6/c1-3-13-29-15-23-19-9-5-7-11-21(19)27(17-29,33-23)35-25(31)26(32)36-28-18-30(14-4-2)16-24(34-28)20-10-6-8-12-22(20)28/h3-12,23-24H,1-2,13-18H2. The normalized spacial score (nSPS) is 30.2. The van der Waals surface area contributed by atoms with Crippen LogP contribution in [-0.2, 0) is 40.1 Å². The molecule has 0 aromatic heterocycles. The van der Waals surface area contributed by atoms with Crippen LogP contribution in [0.2, 0.25) is 0 Å². The minimum atomic E-state index is -1.39. The van der Waals surface area contributed by atoms with E-state index in [1.165, 1.54) is 0 Å². The first-order chi connectivity index (χ1) is 17.5. The maximum atomic E-state index is 13.2. The molecular weight excluding hydrogens is 460 g/mol. The average Bonchev–Trinajstić information content (AvgIpc) is 3.24. The second-order valence-electron chi connectivity index (χ2n) is 9.64. The van der Waals surface area contributed by atoms with Crippen molar-refractivity contribution >= 4 is 11.9 Å². The lowest BCUT2D eigenvalue weighted by Crippen LogP contribution is -2.52. The number of fused-ring (bicyclic) bond motifs is 10. The molecule has 0 radical (unpaired) electrons. The number of benzene rings is 2. The molecule has 2 saturated heterocycles. The van der Waals surface area contributed by atoms with Crippen molar-refractivity contribution in [2.75, 3.05) is 39.3 Å². The molecule has 2 aromatic carbocycles. The SMILES string of the molecule is C=CCN1CC2OC(OC(=O)C(=O)OC34CN(CC=C)CC(O3)c3ccccc34)(C1)c1ccccc12. The van der Waals surface area contributed by atoms with Crippen molar-refractivity contribution in [3.05, 3.63) is 96.1 Å². The van der Waals surface area contributed by atoms with Crippen LogP contribution in [0.15, 0.2) is 73.8 Å². The fourth-order valence-corrected chi connectivity index (χ4v) is 5.91. The zero-order valence-electron chi connectivity index (χ0n) is 19.9. The largest absolute Gasteiger partial charge is 0.420 e. The summed E-state index contributed by atoms with van der Waals surface area (Å²) >= 11 is 0. The second-order valence-corrected chi connectivity index (χ2v) is 9.64. The molecular formula is C28H28N2O6. The number of hydrogen-bond donors (Lipinski definition) is 0. The topological polar surface area (TPSA) is 77.5 Å².